The third-order valence-corrected chi connectivity index (χ3v) is 4.01. The average molecular weight is 341 g/mol. The summed E-state index contributed by atoms with van der Waals surface area (Å²) in [5.41, 5.74) is 1.40. The number of halogens is 2. The molecule has 3 rings (SSSR count). The van der Waals surface area contributed by atoms with Crippen molar-refractivity contribution >= 4 is 38.1 Å². The Kier molecular flexibility index (Phi) is 3.59. The number of nitrogens with one attached hydrogen (secondary N) is 1. The molecular weight excluding hydrogens is 331 g/mol. The zero-order valence-electron chi connectivity index (χ0n) is 10.9. The van der Waals surface area contributed by atoms with Gasteiger partial charge in [0.05, 0.1) is 15.7 Å². The summed E-state index contributed by atoms with van der Waals surface area (Å²) in [7, 11) is 0. The van der Waals surface area contributed by atoms with Crippen LogP contribution in [0.1, 0.15) is 5.56 Å². The summed E-state index contributed by atoms with van der Waals surface area (Å²) in [5.74, 6) is -0.470. The molecule has 0 spiro atoms. The van der Waals surface area contributed by atoms with Gasteiger partial charge in [0.15, 0.2) is 5.82 Å². The Morgan fingerprint density at radius 3 is 2.52 bits per heavy atom. The lowest BCUT2D eigenvalue weighted by atomic mass is 10.1. The first kappa shape index (κ1) is 13.6. The fraction of sp³-hybridized carbons (Fsp3) is 0. The second kappa shape index (κ2) is 5.55. The molecule has 4 heteroatoms. The van der Waals surface area contributed by atoms with Crippen LogP contribution in [0.25, 0.3) is 10.8 Å². The van der Waals surface area contributed by atoms with Crippen molar-refractivity contribution in [3.63, 3.8) is 0 Å². The zero-order valence-corrected chi connectivity index (χ0v) is 12.5. The molecule has 102 valence electrons. The maximum absolute atomic E-state index is 14.2. The fourth-order valence-electron chi connectivity index (χ4n) is 2.15. The molecule has 0 heterocycles. The number of benzene rings is 3. The van der Waals surface area contributed by atoms with E-state index in [0.717, 1.165) is 16.5 Å². The third-order valence-electron chi connectivity index (χ3n) is 3.23. The van der Waals surface area contributed by atoms with Gasteiger partial charge in [-0.2, -0.15) is 5.26 Å². The van der Waals surface area contributed by atoms with E-state index in [1.807, 2.05) is 48.5 Å². The topological polar surface area (TPSA) is 35.8 Å². The van der Waals surface area contributed by atoms with E-state index in [1.165, 1.54) is 0 Å². The van der Waals surface area contributed by atoms with Crippen LogP contribution >= 0.6 is 15.9 Å². The summed E-state index contributed by atoms with van der Waals surface area (Å²) in [4.78, 5) is 0. The van der Waals surface area contributed by atoms with Crippen molar-refractivity contribution in [2.24, 2.45) is 0 Å². The van der Waals surface area contributed by atoms with Gasteiger partial charge in [-0.15, -0.1) is 0 Å². The molecule has 0 saturated carbocycles. The second-order valence-electron chi connectivity index (χ2n) is 4.59. The lowest BCUT2D eigenvalue weighted by Crippen LogP contribution is -1.96. The Morgan fingerprint density at radius 2 is 1.76 bits per heavy atom. The van der Waals surface area contributed by atoms with Gasteiger partial charge in [-0.05, 0) is 51.0 Å². The van der Waals surface area contributed by atoms with Crippen molar-refractivity contribution in [3.8, 4) is 6.07 Å². The number of nitriles is 1. The number of hydrogen-bond acceptors (Lipinski definition) is 2. The SMILES string of the molecule is N#Cc1ccc(Nc2ccc3ccccc3c2)c(F)c1Br. The van der Waals surface area contributed by atoms with Crippen LogP contribution in [0.4, 0.5) is 15.8 Å². The monoisotopic (exact) mass is 340 g/mol. The van der Waals surface area contributed by atoms with Crippen molar-refractivity contribution in [2.75, 3.05) is 5.32 Å². The normalized spacial score (nSPS) is 10.3. The van der Waals surface area contributed by atoms with Crippen LogP contribution in [-0.4, -0.2) is 0 Å². The Morgan fingerprint density at radius 1 is 1.00 bits per heavy atom. The molecule has 0 unspecified atom stereocenters. The molecule has 0 fully saturated rings. The first-order valence-electron chi connectivity index (χ1n) is 6.33. The first-order valence-corrected chi connectivity index (χ1v) is 7.12. The first-order chi connectivity index (χ1) is 10.2. The molecule has 0 radical (unpaired) electrons. The van der Waals surface area contributed by atoms with Crippen molar-refractivity contribution in [2.45, 2.75) is 0 Å². The molecule has 0 bridgehead atoms. The van der Waals surface area contributed by atoms with Gasteiger partial charge < -0.3 is 5.32 Å². The highest BCUT2D eigenvalue weighted by molar-refractivity contribution is 9.10. The van der Waals surface area contributed by atoms with Crippen LogP contribution in [0.5, 0.6) is 0 Å². The summed E-state index contributed by atoms with van der Waals surface area (Å²) in [6, 6.07) is 18.9. The molecule has 0 amide bonds. The van der Waals surface area contributed by atoms with Gasteiger partial charge in [0.1, 0.15) is 6.07 Å². The minimum Gasteiger partial charge on any atom is -0.353 e. The Bertz CT molecular complexity index is 868. The zero-order chi connectivity index (χ0) is 14.8. The summed E-state index contributed by atoms with van der Waals surface area (Å²) in [6.07, 6.45) is 0. The molecule has 0 aliphatic heterocycles. The van der Waals surface area contributed by atoms with Gasteiger partial charge in [0.25, 0.3) is 0 Å². The minimum absolute atomic E-state index is 0.177. The molecule has 2 nitrogen and oxygen atoms in total. The molecular formula is C17H10BrFN2. The number of anilines is 2. The van der Waals surface area contributed by atoms with Crippen molar-refractivity contribution < 1.29 is 4.39 Å². The van der Waals surface area contributed by atoms with Crippen LogP contribution in [-0.2, 0) is 0 Å². The molecule has 1 N–H and O–H groups in total. The summed E-state index contributed by atoms with van der Waals surface area (Å²) >= 11 is 3.11. The highest BCUT2D eigenvalue weighted by Crippen LogP contribution is 2.29. The van der Waals surface area contributed by atoms with Crippen molar-refractivity contribution in [1.29, 1.82) is 5.26 Å². The molecule has 0 aliphatic carbocycles. The average Bonchev–Trinajstić information content (AvgIpc) is 2.52. The Labute approximate surface area is 130 Å². The maximum atomic E-state index is 14.2. The van der Waals surface area contributed by atoms with Crippen LogP contribution < -0.4 is 5.32 Å². The third kappa shape index (κ3) is 2.61. The second-order valence-corrected chi connectivity index (χ2v) is 5.38. The van der Waals surface area contributed by atoms with Crippen LogP contribution in [0, 0.1) is 17.1 Å². The van der Waals surface area contributed by atoms with Crippen LogP contribution in [0.3, 0.4) is 0 Å². The van der Waals surface area contributed by atoms with Gasteiger partial charge in [-0.3, -0.25) is 0 Å². The molecule has 21 heavy (non-hydrogen) atoms. The Balaban J connectivity index is 1.99. The number of fused-ring (bicyclic) bond motifs is 1. The summed E-state index contributed by atoms with van der Waals surface area (Å²) in [5, 5.41) is 14.1. The van der Waals surface area contributed by atoms with Gasteiger partial charge in [0.2, 0.25) is 0 Å². The molecule has 0 aliphatic rings. The van der Waals surface area contributed by atoms with Gasteiger partial charge in [0, 0.05) is 5.69 Å². The predicted molar refractivity (Wildman–Crippen MR) is 86.0 cm³/mol. The van der Waals surface area contributed by atoms with E-state index in [4.69, 9.17) is 5.26 Å². The van der Waals surface area contributed by atoms with E-state index < -0.39 is 5.82 Å². The molecule has 3 aromatic carbocycles. The number of rotatable bonds is 2. The van der Waals surface area contributed by atoms with Gasteiger partial charge >= 0.3 is 0 Å². The Hall–Kier alpha value is -2.38. The van der Waals surface area contributed by atoms with E-state index in [-0.39, 0.29) is 10.0 Å². The van der Waals surface area contributed by atoms with E-state index in [1.54, 1.807) is 12.1 Å². The largest absolute Gasteiger partial charge is 0.353 e. The van der Waals surface area contributed by atoms with Gasteiger partial charge in [-0.1, -0.05) is 30.3 Å². The molecule has 0 saturated heterocycles. The van der Waals surface area contributed by atoms with Crippen LogP contribution in [0.15, 0.2) is 59.1 Å². The smallest absolute Gasteiger partial charge is 0.162 e. The highest BCUT2D eigenvalue weighted by Gasteiger charge is 2.11. The molecule has 0 aromatic heterocycles. The molecule has 3 aromatic rings. The van der Waals surface area contributed by atoms with Gasteiger partial charge in [-0.25, -0.2) is 4.39 Å². The number of nitrogens with zero attached hydrogens (tertiary/aromatic N) is 1. The van der Waals surface area contributed by atoms with E-state index in [2.05, 4.69) is 21.2 Å². The maximum Gasteiger partial charge on any atom is 0.162 e. The van der Waals surface area contributed by atoms with E-state index in [9.17, 15) is 4.39 Å². The predicted octanol–water partition coefficient (Wildman–Crippen LogP) is 5.36. The summed E-state index contributed by atoms with van der Waals surface area (Å²) < 4.78 is 14.4. The van der Waals surface area contributed by atoms with Crippen molar-refractivity contribution in [1.82, 2.24) is 0 Å². The summed E-state index contributed by atoms with van der Waals surface area (Å²) in [6.45, 7) is 0. The lowest BCUT2D eigenvalue weighted by molar-refractivity contribution is 0.624. The number of hydrogen-bond donors (Lipinski definition) is 1. The van der Waals surface area contributed by atoms with E-state index in [0.29, 0.717) is 5.69 Å². The lowest BCUT2D eigenvalue weighted by Gasteiger charge is -2.10. The minimum atomic E-state index is -0.470. The highest BCUT2D eigenvalue weighted by atomic mass is 79.9. The van der Waals surface area contributed by atoms with Crippen molar-refractivity contribution in [3.05, 3.63) is 70.5 Å². The fourth-order valence-corrected chi connectivity index (χ4v) is 2.59. The van der Waals surface area contributed by atoms with E-state index >= 15 is 0 Å². The quantitative estimate of drug-likeness (QED) is 0.681. The van der Waals surface area contributed by atoms with Crippen LogP contribution in [0.2, 0.25) is 0 Å². The standard InChI is InChI=1S/C17H10BrFN2/c18-16-13(10-20)6-8-15(17(16)19)21-14-7-5-11-3-1-2-4-12(11)9-14/h1-9,21H. The molecule has 0 atom stereocenters.